The van der Waals surface area contributed by atoms with Gasteiger partial charge in [-0.05, 0) is 12.1 Å². The number of halogens is 3. The quantitative estimate of drug-likeness (QED) is 0.365. The molecular weight excluding hydrogens is 204 g/mol. The summed E-state index contributed by atoms with van der Waals surface area (Å²) in [5.41, 5.74) is 0. The van der Waals surface area contributed by atoms with Crippen LogP contribution in [-0.4, -0.2) is 6.10 Å². The fourth-order valence-electron chi connectivity index (χ4n) is 0.779. The third-order valence-corrected chi connectivity index (χ3v) is 1.29. The zero-order chi connectivity index (χ0) is 10.0. The van der Waals surface area contributed by atoms with Crippen molar-refractivity contribution < 1.29 is 47.5 Å². The topological polar surface area (TPSA) is 9.23 Å². The van der Waals surface area contributed by atoms with E-state index in [1.165, 1.54) is 0 Å². The van der Waals surface area contributed by atoms with Gasteiger partial charge in [-0.15, -0.1) is 0 Å². The van der Waals surface area contributed by atoms with Crippen LogP contribution >= 0.6 is 0 Å². The maximum absolute atomic E-state index is 12.8. The van der Waals surface area contributed by atoms with Gasteiger partial charge in [0.05, 0.1) is 0 Å². The first-order valence-electron chi connectivity index (χ1n) is 3.48. The van der Waals surface area contributed by atoms with E-state index in [9.17, 15) is 13.2 Å². The molecule has 0 heterocycles. The molecule has 0 radical (unpaired) electrons. The molecular formula is C9H7F3NaO-. The molecule has 0 aliphatic rings. The molecule has 0 aliphatic heterocycles. The van der Waals surface area contributed by atoms with Crippen molar-refractivity contribution in [3.8, 4) is 5.75 Å². The molecule has 0 aromatic heterocycles. The largest absolute Gasteiger partial charge is 1.00 e. The van der Waals surface area contributed by atoms with Crippen LogP contribution in [0.3, 0.4) is 0 Å². The Morgan fingerprint density at radius 2 is 1.64 bits per heavy atom. The molecule has 14 heavy (non-hydrogen) atoms. The minimum Gasteiger partial charge on any atom is -0.551 e. The minimum absolute atomic E-state index is 0. The van der Waals surface area contributed by atoms with Gasteiger partial charge in [0.2, 0.25) is 5.82 Å². The maximum atomic E-state index is 12.8. The molecule has 1 aromatic carbocycles. The zero-order valence-corrected chi connectivity index (χ0v) is 9.69. The molecule has 0 saturated carbocycles. The molecule has 0 N–H and O–H groups in total. The van der Waals surface area contributed by atoms with Crippen molar-refractivity contribution in [2.24, 2.45) is 0 Å². The zero-order valence-electron chi connectivity index (χ0n) is 7.69. The molecule has 0 spiro atoms. The van der Waals surface area contributed by atoms with Gasteiger partial charge in [-0.3, -0.25) is 0 Å². The van der Waals surface area contributed by atoms with E-state index in [1.807, 2.05) is 0 Å². The summed E-state index contributed by atoms with van der Waals surface area (Å²) < 4.78 is 42.5. The Bertz CT molecular complexity index is 315. The summed E-state index contributed by atoms with van der Waals surface area (Å²) >= 11 is 0. The standard InChI is InChI=1S/C9H7F3O.Na/c1-5(2)13-7-4-3-6(10)8(11)9(7)12;/h3-5H,1-2H2;/q-2;+1. The second-order valence-corrected chi connectivity index (χ2v) is 2.41. The van der Waals surface area contributed by atoms with Crippen molar-refractivity contribution >= 4 is 0 Å². The van der Waals surface area contributed by atoms with E-state index in [0.717, 1.165) is 12.1 Å². The fourth-order valence-corrected chi connectivity index (χ4v) is 0.779. The predicted octanol–water partition coefficient (Wildman–Crippen LogP) is -0.477. The maximum Gasteiger partial charge on any atom is 1.00 e. The van der Waals surface area contributed by atoms with Gasteiger partial charge in [-0.25, -0.2) is 8.78 Å². The second-order valence-electron chi connectivity index (χ2n) is 2.41. The number of hydrogen-bond donors (Lipinski definition) is 0. The van der Waals surface area contributed by atoms with Gasteiger partial charge in [0.1, 0.15) is 0 Å². The normalized spacial score (nSPS) is 9.86. The Morgan fingerprint density at radius 1 is 1.07 bits per heavy atom. The molecule has 0 atom stereocenters. The van der Waals surface area contributed by atoms with Crippen molar-refractivity contribution in [3.63, 3.8) is 0 Å². The third-order valence-electron chi connectivity index (χ3n) is 1.29. The summed E-state index contributed by atoms with van der Waals surface area (Å²) in [5.74, 6) is -4.57. The van der Waals surface area contributed by atoms with Crippen LogP contribution in [0.25, 0.3) is 0 Å². The van der Waals surface area contributed by atoms with Gasteiger partial charge in [0, 0.05) is 0 Å². The van der Waals surface area contributed by atoms with Crippen LogP contribution in [0.1, 0.15) is 0 Å². The molecule has 0 fully saturated rings. The summed E-state index contributed by atoms with van der Waals surface area (Å²) in [6.07, 6.45) is -0.778. The van der Waals surface area contributed by atoms with Gasteiger partial charge in [-0.2, -0.15) is 10.5 Å². The molecule has 5 heteroatoms. The summed E-state index contributed by atoms with van der Waals surface area (Å²) in [6, 6.07) is 1.76. The number of ether oxygens (including phenoxy) is 1. The number of benzene rings is 1. The Balaban J connectivity index is 0.00000169. The first-order chi connectivity index (χ1) is 6.02. The molecule has 1 aromatic rings. The molecule has 1 nitrogen and oxygen atoms in total. The summed E-state index contributed by atoms with van der Waals surface area (Å²) in [7, 11) is 0. The Kier molecular flexibility index (Phi) is 5.56. The smallest absolute Gasteiger partial charge is 0.551 e. The third kappa shape index (κ3) is 3.19. The van der Waals surface area contributed by atoms with Crippen LogP contribution in [0, 0.1) is 31.3 Å². The Labute approximate surface area is 103 Å². The SMILES string of the molecule is [CH2-]C([CH2-])Oc1ccc(F)c(F)c1F.[Na+]. The first kappa shape index (κ1) is 13.8. The average molecular weight is 211 g/mol. The summed E-state index contributed by atoms with van der Waals surface area (Å²) in [4.78, 5) is 0. The monoisotopic (exact) mass is 211 g/mol. The van der Waals surface area contributed by atoms with E-state index in [4.69, 9.17) is 0 Å². The second kappa shape index (κ2) is 5.63. The number of rotatable bonds is 2. The summed E-state index contributed by atoms with van der Waals surface area (Å²) in [6.45, 7) is 6.62. The van der Waals surface area contributed by atoms with Crippen molar-refractivity contribution in [1.29, 1.82) is 0 Å². The van der Waals surface area contributed by atoms with Crippen molar-refractivity contribution in [3.05, 3.63) is 43.4 Å². The van der Waals surface area contributed by atoms with Gasteiger partial charge in [0.25, 0.3) is 0 Å². The van der Waals surface area contributed by atoms with Crippen LogP contribution in [0.2, 0.25) is 0 Å². The van der Waals surface area contributed by atoms with E-state index >= 15 is 0 Å². The molecule has 1 rings (SSSR count). The Hall–Kier alpha value is -0.190. The van der Waals surface area contributed by atoms with E-state index in [0.29, 0.717) is 0 Å². The van der Waals surface area contributed by atoms with Gasteiger partial charge < -0.3 is 18.6 Å². The van der Waals surface area contributed by atoms with Gasteiger partial charge in [-0.1, -0.05) is 0 Å². The van der Waals surface area contributed by atoms with Crippen molar-refractivity contribution in [1.82, 2.24) is 0 Å². The summed E-state index contributed by atoms with van der Waals surface area (Å²) in [5, 5.41) is 0. The molecule has 72 valence electrons. The minimum atomic E-state index is -1.56. The molecule has 0 aliphatic carbocycles. The van der Waals surface area contributed by atoms with Crippen LogP contribution < -0.4 is 34.3 Å². The fraction of sp³-hybridized carbons (Fsp3) is 0.111. The van der Waals surface area contributed by atoms with E-state index < -0.39 is 29.3 Å². The average Bonchev–Trinajstić information content (AvgIpc) is 2.06. The van der Waals surface area contributed by atoms with E-state index in [-0.39, 0.29) is 29.6 Å². The van der Waals surface area contributed by atoms with Crippen LogP contribution in [0.5, 0.6) is 5.75 Å². The molecule has 0 saturated heterocycles. The van der Waals surface area contributed by atoms with Crippen LogP contribution in [0.15, 0.2) is 12.1 Å². The Morgan fingerprint density at radius 3 is 2.14 bits per heavy atom. The molecule has 0 bridgehead atoms. The van der Waals surface area contributed by atoms with Crippen LogP contribution in [-0.2, 0) is 0 Å². The first-order valence-corrected chi connectivity index (χ1v) is 3.48. The van der Waals surface area contributed by atoms with E-state index in [2.05, 4.69) is 18.6 Å². The van der Waals surface area contributed by atoms with Gasteiger partial charge in [0.15, 0.2) is 17.4 Å². The molecule has 0 unspecified atom stereocenters. The predicted molar refractivity (Wildman–Crippen MR) is 41.4 cm³/mol. The molecule has 0 amide bonds. The van der Waals surface area contributed by atoms with Crippen LogP contribution in [0.4, 0.5) is 13.2 Å². The van der Waals surface area contributed by atoms with E-state index in [1.54, 1.807) is 0 Å². The number of hydrogen-bond acceptors (Lipinski definition) is 1. The van der Waals surface area contributed by atoms with Gasteiger partial charge >= 0.3 is 29.6 Å². The van der Waals surface area contributed by atoms with Crippen molar-refractivity contribution in [2.75, 3.05) is 0 Å². The van der Waals surface area contributed by atoms with Crippen molar-refractivity contribution in [2.45, 2.75) is 6.10 Å².